The first-order valence-electron chi connectivity index (χ1n) is 14.3. The van der Waals surface area contributed by atoms with Gasteiger partial charge in [0.05, 0.1) is 13.0 Å². The Balaban J connectivity index is 1.15. The summed E-state index contributed by atoms with van der Waals surface area (Å²) in [6.07, 6.45) is 7.38. The van der Waals surface area contributed by atoms with Crippen LogP contribution in [0.25, 0.3) is 0 Å². The molecule has 0 N–H and O–H groups in total. The highest BCUT2D eigenvalue weighted by Crippen LogP contribution is 2.49. The normalized spacial score (nSPS) is 23.1. The van der Waals surface area contributed by atoms with Crippen molar-refractivity contribution in [2.75, 3.05) is 20.2 Å². The molecule has 3 aliphatic heterocycles. The summed E-state index contributed by atoms with van der Waals surface area (Å²) in [7, 11) is 1.49. The lowest BCUT2D eigenvalue weighted by molar-refractivity contribution is -0.145. The van der Waals surface area contributed by atoms with Crippen LogP contribution in [-0.2, 0) is 28.9 Å². The standard InChI is InChI=1S/C32H40ClNO4/c1-20(30(35)36-4)28(22-6-7-22)23-8-5-21-9-10-32(37-27(21)17-23)11-13-34(14-12-32)19-25-16-26(33)15-24-18-31(2,3)38-29(24)25/h5,8,15-17,20,22,28H,6-7,9-14,18-19H2,1-4H3/t20-,28+/m1/s1. The summed E-state index contributed by atoms with van der Waals surface area (Å²) in [6.45, 7) is 9.12. The van der Waals surface area contributed by atoms with Gasteiger partial charge in [-0.3, -0.25) is 9.69 Å². The van der Waals surface area contributed by atoms with Gasteiger partial charge in [-0.15, -0.1) is 0 Å². The SMILES string of the molecule is COC(=O)[C@H](C)[C@H](c1ccc2c(c1)OC1(CC2)CCN(Cc2cc(Cl)cc3c2OC(C)(C)C3)CC1)C1CC1. The van der Waals surface area contributed by atoms with E-state index in [1.165, 1.54) is 42.2 Å². The van der Waals surface area contributed by atoms with Gasteiger partial charge in [-0.2, -0.15) is 0 Å². The third kappa shape index (κ3) is 5.04. The van der Waals surface area contributed by atoms with E-state index in [1.807, 2.05) is 6.92 Å². The lowest BCUT2D eigenvalue weighted by atomic mass is 9.80. The zero-order valence-electron chi connectivity index (χ0n) is 23.1. The topological polar surface area (TPSA) is 48.0 Å². The molecule has 204 valence electrons. The van der Waals surface area contributed by atoms with Crippen molar-refractivity contribution in [3.8, 4) is 11.5 Å². The number of esters is 1. The maximum absolute atomic E-state index is 12.4. The van der Waals surface area contributed by atoms with Crippen molar-refractivity contribution >= 4 is 17.6 Å². The van der Waals surface area contributed by atoms with Crippen molar-refractivity contribution in [2.24, 2.45) is 11.8 Å². The first-order chi connectivity index (χ1) is 18.2. The molecule has 3 heterocycles. The van der Waals surface area contributed by atoms with E-state index in [2.05, 4.69) is 49.1 Å². The molecule has 0 bridgehead atoms. The number of halogens is 1. The molecule has 0 aromatic heterocycles. The molecule has 1 saturated carbocycles. The number of ether oxygens (including phenoxy) is 3. The van der Waals surface area contributed by atoms with Crippen LogP contribution in [0.2, 0.25) is 5.02 Å². The van der Waals surface area contributed by atoms with Gasteiger partial charge >= 0.3 is 5.97 Å². The molecule has 4 aliphatic rings. The minimum absolute atomic E-state index is 0.111. The smallest absolute Gasteiger partial charge is 0.309 e. The molecule has 6 heteroatoms. The van der Waals surface area contributed by atoms with E-state index < -0.39 is 0 Å². The summed E-state index contributed by atoms with van der Waals surface area (Å²) in [5.74, 6) is 2.54. The number of piperidine rings is 1. The minimum atomic E-state index is -0.178. The van der Waals surface area contributed by atoms with Crippen molar-refractivity contribution in [1.82, 2.24) is 4.90 Å². The predicted octanol–water partition coefficient (Wildman–Crippen LogP) is 6.72. The van der Waals surface area contributed by atoms with Crippen molar-refractivity contribution in [1.29, 1.82) is 0 Å². The Kier molecular flexibility index (Phi) is 6.67. The van der Waals surface area contributed by atoms with Gasteiger partial charge < -0.3 is 14.2 Å². The summed E-state index contributed by atoms with van der Waals surface area (Å²) >= 11 is 6.49. The maximum Gasteiger partial charge on any atom is 0.309 e. The molecular weight excluding hydrogens is 498 g/mol. The zero-order valence-corrected chi connectivity index (χ0v) is 23.9. The fourth-order valence-electron chi connectivity index (χ4n) is 7.06. The predicted molar refractivity (Wildman–Crippen MR) is 149 cm³/mol. The number of methoxy groups -OCH3 is 1. The second kappa shape index (κ2) is 9.75. The minimum Gasteiger partial charge on any atom is -0.487 e. The number of benzene rings is 2. The number of carbonyl (C=O) groups excluding carboxylic acids is 1. The van der Waals surface area contributed by atoms with Crippen molar-refractivity contribution < 1.29 is 19.0 Å². The number of carbonyl (C=O) groups is 1. The lowest BCUT2D eigenvalue weighted by Crippen LogP contribution is -2.49. The average molecular weight is 538 g/mol. The highest BCUT2D eigenvalue weighted by atomic mass is 35.5. The lowest BCUT2D eigenvalue weighted by Gasteiger charge is -2.45. The molecule has 5 nitrogen and oxygen atoms in total. The number of likely N-dealkylation sites (tertiary alicyclic amines) is 1. The number of aryl methyl sites for hydroxylation is 1. The third-order valence-electron chi connectivity index (χ3n) is 9.26. The quantitative estimate of drug-likeness (QED) is 0.383. The second-order valence-corrected chi connectivity index (χ2v) is 13.1. The Bertz CT molecular complexity index is 1230. The van der Waals surface area contributed by atoms with Gasteiger partial charge in [0.1, 0.15) is 22.7 Å². The van der Waals surface area contributed by atoms with E-state index in [0.717, 1.165) is 68.3 Å². The molecular formula is C32H40ClNO4. The monoisotopic (exact) mass is 537 g/mol. The van der Waals surface area contributed by atoms with E-state index in [9.17, 15) is 4.79 Å². The molecule has 1 aliphatic carbocycles. The van der Waals surface area contributed by atoms with Gasteiger partial charge in [0.25, 0.3) is 0 Å². The van der Waals surface area contributed by atoms with Crippen LogP contribution in [0.3, 0.4) is 0 Å². The molecule has 2 atom stereocenters. The van der Waals surface area contributed by atoms with Crippen LogP contribution in [0.4, 0.5) is 0 Å². The van der Waals surface area contributed by atoms with Crippen LogP contribution in [0.15, 0.2) is 30.3 Å². The molecule has 0 radical (unpaired) electrons. The highest BCUT2D eigenvalue weighted by Gasteiger charge is 2.42. The maximum atomic E-state index is 12.4. The van der Waals surface area contributed by atoms with Crippen LogP contribution in [-0.4, -0.2) is 42.3 Å². The molecule has 1 spiro atoms. The fraction of sp³-hybridized carbons (Fsp3) is 0.594. The van der Waals surface area contributed by atoms with Crippen molar-refractivity contribution in [3.63, 3.8) is 0 Å². The van der Waals surface area contributed by atoms with Crippen LogP contribution in [0.5, 0.6) is 11.5 Å². The Morgan fingerprint density at radius 2 is 1.87 bits per heavy atom. The number of hydrogen-bond donors (Lipinski definition) is 0. The molecule has 6 rings (SSSR count). The second-order valence-electron chi connectivity index (χ2n) is 12.7. The van der Waals surface area contributed by atoms with Gasteiger partial charge in [-0.05, 0) is 99.1 Å². The Morgan fingerprint density at radius 1 is 1.11 bits per heavy atom. The van der Waals surface area contributed by atoms with E-state index in [4.69, 9.17) is 25.8 Å². The summed E-state index contributed by atoms with van der Waals surface area (Å²) in [4.78, 5) is 14.9. The summed E-state index contributed by atoms with van der Waals surface area (Å²) in [5, 5.41) is 0.794. The van der Waals surface area contributed by atoms with Crippen LogP contribution >= 0.6 is 11.6 Å². The molecule has 0 amide bonds. The number of fused-ring (bicyclic) bond motifs is 2. The third-order valence-corrected chi connectivity index (χ3v) is 9.48. The zero-order chi connectivity index (χ0) is 26.7. The first kappa shape index (κ1) is 26.0. The largest absolute Gasteiger partial charge is 0.487 e. The summed E-state index contributed by atoms with van der Waals surface area (Å²) in [5.41, 5.74) is 4.63. The molecule has 38 heavy (non-hydrogen) atoms. The Labute approximate surface area is 231 Å². The van der Waals surface area contributed by atoms with Gasteiger partial charge in [0, 0.05) is 36.6 Å². The molecule has 0 unspecified atom stereocenters. The molecule has 1 saturated heterocycles. The molecule has 2 aromatic rings. The van der Waals surface area contributed by atoms with Crippen LogP contribution < -0.4 is 9.47 Å². The van der Waals surface area contributed by atoms with Crippen LogP contribution in [0, 0.1) is 11.8 Å². The van der Waals surface area contributed by atoms with E-state index in [-0.39, 0.29) is 29.0 Å². The van der Waals surface area contributed by atoms with Gasteiger partial charge in [0.2, 0.25) is 0 Å². The van der Waals surface area contributed by atoms with Gasteiger partial charge in [-0.1, -0.05) is 30.7 Å². The van der Waals surface area contributed by atoms with Crippen molar-refractivity contribution in [2.45, 2.75) is 89.4 Å². The van der Waals surface area contributed by atoms with Crippen LogP contribution in [0.1, 0.15) is 81.0 Å². The molecule has 2 aromatic carbocycles. The summed E-state index contributed by atoms with van der Waals surface area (Å²) in [6, 6.07) is 10.8. The number of nitrogens with zero attached hydrogens (tertiary/aromatic N) is 1. The van der Waals surface area contributed by atoms with E-state index >= 15 is 0 Å². The van der Waals surface area contributed by atoms with Crippen molar-refractivity contribution in [3.05, 3.63) is 57.6 Å². The Hall–Kier alpha value is -2.24. The fourth-order valence-corrected chi connectivity index (χ4v) is 7.32. The van der Waals surface area contributed by atoms with E-state index in [0.29, 0.717) is 5.92 Å². The summed E-state index contributed by atoms with van der Waals surface area (Å²) < 4.78 is 18.3. The number of hydrogen-bond acceptors (Lipinski definition) is 5. The van der Waals surface area contributed by atoms with Gasteiger partial charge in [-0.25, -0.2) is 0 Å². The molecule has 2 fully saturated rings. The Morgan fingerprint density at radius 3 is 2.58 bits per heavy atom. The first-order valence-corrected chi connectivity index (χ1v) is 14.7. The highest BCUT2D eigenvalue weighted by molar-refractivity contribution is 6.30. The van der Waals surface area contributed by atoms with E-state index in [1.54, 1.807) is 0 Å². The number of rotatable bonds is 6. The van der Waals surface area contributed by atoms with Gasteiger partial charge in [0.15, 0.2) is 0 Å². The average Bonchev–Trinajstić information content (AvgIpc) is 3.66.